The van der Waals surface area contributed by atoms with E-state index in [1.54, 1.807) is 11.8 Å². The van der Waals surface area contributed by atoms with Crippen molar-refractivity contribution in [2.24, 2.45) is 0 Å². The minimum Gasteiger partial charge on any atom is -0.385 e. The third-order valence-corrected chi connectivity index (χ3v) is 4.04. The van der Waals surface area contributed by atoms with E-state index in [2.05, 4.69) is 20.8 Å². The quantitative estimate of drug-likeness (QED) is 0.510. The molecule has 118 valence electrons. The summed E-state index contributed by atoms with van der Waals surface area (Å²) in [6, 6.07) is 0. The summed E-state index contributed by atoms with van der Waals surface area (Å²) < 4.78 is 12.2. The molecule has 1 amide bonds. The van der Waals surface area contributed by atoms with Crippen LogP contribution >= 0.6 is 11.8 Å². The Bertz CT molecular complexity index is 436. The molecule has 0 unspecified atom stereocenters. The van der Waals surface area contributed by atoms with E-state index < -0.39 is 0 Å². The van der Waals surface area contributed by atoms with Gasteiger partial charge in [-0.3, -0.25) is 4.79 Å². The van der Waals surface area contributed by atoms with E-state index in [0.29, 0.717) is 30.6 Å². The van der Waals surface area contributed by atoms with Gasteiger partial charge in [-0.25, -0.2) is 4.68 Å². The molecule has 1 aromatic heterocycles. The molecule has 9 heteroatoms. The summed E-state index contributed by atoms with van der Waals surface area (Å²) in [6.45, 7) is 2.71. The van der Waals surface area contributed by atoms with Gasteiger partial charge in [0.05, 0.1) is 18.4 Å². The van der Waals surface area contributed by atoms with E-state index in [1.165, 1.54) is 11.8 Å². The lowest BCUT2D eigenvalue weighted by Crippen LogP contribution is -2.27. The number of thioether (sulfide) groups is 1. The highest BCUT2D eigenvalue weighted by Crippen LogP contribution is 2.18. The number of hydrogen-bond acceptors (Lipinski definition) is 7. The lowest BCUT2D eigenvalue weighted by Gasteiger charge is -2.10. The molecule has 8 nitrogen and oxygen atoms in total. The van der Waals surface area contributed by atoms with Crippen LogP contribution in [0.3, 0.4) is 0 Å². The maximum absolute atomic E-state index is 11.7. The van der Waals surface area contributed by atoms with Crippen LogP contribution in [0, 0.1) is 0 Å². The Kier molecular flexibility index (Phi) is 6.90. The standard InChI is InChI=1S/C12H21N5O3S/c1-19-6-3-5-13-11(18)9-21-12-14-15-16-17(12)8-10-4-2-7-20-10/h10H,2-9H2,1H3,(H,13,18)/t10-/m0/s1. The van der Waals surface area contributed by atoms with Gasteiger partial charge in [-0.15, -0.1) is 5.10 Å². The van der Waals surface area contributed by atoms with Gasteiger partial charge in [0.15, 0.2) is 0 Å². The smallest absolute Gasteiger partial charge is 0.230 e. The van der Waals surface area contributed by atoms with Crippen LogP contribution in [0.2, 0.25) is 0 Å². The molecule has 2 heterocycles. The van der Waals surface area contributed by atoms with Crippen molar-refractivity contribution in [1.82, 2.24) is 25.5 Å². The number of nitrogens with zero attached hydrogens (tertiary/aromatic N) is 4. The first-order valence-electron chi connectivity index (χ1n) is 7.06. The van der Waals surface area contributed by atoms with Crippen LogP contribution in [0.5, 0.6) is 0 Å². The molecule has 1 aromatic rings. The number of carbonyl (C=O) groups is 1. The summed E-state index contributed by atoms with van der Waals surface area (Å²) in [5.74, 6) is 0.279. The Morgan fingerprint density at radius 3 is 3.29 bits per heavy atom. The average molecular weight is 315 g/mol. The molecular weight excluding hydrogens is 294 g/mol. The molecule has 0 spiro atoms. The molecule has 1 aliphatic heterocycles. The molecule has 0 aromatic carbocycles. The Balaban J connectivity index is 1.70. The van der Waals surface area contributed by atoms with Gasteiger partial charge >= 0.3 is 0 Å². The van der Waals surface area contributed by atoms with Crippen LogP contribution in [-0.2, 0) is 20.8 Å². The van der Waals surface area contributed by atoms with Crippen LogP contribution in [0.1, 0.15) is 19.3 Å². The van der Waals surface area contributed by atoms with Gasteiger partial charge in [-0.1, -0.05) is 11.8 Å². The number of rotatable bonds is 9. The SMILES string of the molecule is COCCCNC(=O)CSc1nnnn1C[C@@H]1CCCO1. The second kappa shape index (κ2) is 8.96. The predicted molar refractivity (Wildman–Crippen MR) is 77.0 cm³/mol. The molecule has 0 saturated carbocycles. The first kappa shape index (κ1) is 16.2. The molecule has 0 radical (unpaired) electrons. The fourth-order valence-corrected chi connectivity index (χ4v) is 2.74. The van der Waals surface area contributed by atoms with Gasteiger partial charge in [0.25, 0.3) is 0 Å². The molecule has 1 N–H and O–H groups in total. The Morgan fingerprint density at radius 1 is 1.62 bits per heavy atom. The molecule has 1 fully saturated rings. The predicted octanol–water partition coefficient (Wildman–Crippen LogP) is 0.0969. The van der Waals surface area contributed by atoms with E-state index in [4.69, 9.17) is 9.47 Å². The molecule has 21 heavy (non-hydrogen) atoms. The minimum atomic E-state index is -0.0252. The van der Waals surface area contributed by atoms with Crippen LogP contribution in [0.15, 0.2) is 5.16 Å². The maximum atomic E-state index is 11.7. The zero-order valence-electron chi connectivity index (χ0n) is 12.2. The number of amides is 1. The molecule has 1 aliphatic rings. The third kappa shape index (κ3) is 5.60. The summed E-state index contributed by atoms with van der Waals surface area (Å²) in [7, 11) is 1.64. The van der Waals surface area contributed by atoms with Crippen LogP contribution in [0.4, 0.5) is 0 Å². The molecule has 0 bridgehead atoms. The van der Waals surface area contributed by atoms with Gasteiger partial charge < -0.3 is 14.8 Å². The number of aromatic nitrogens is 4. The van der Waals surface area contributed by atoms with E-state index in [0.717, 1.165) is 25.9 Å². The fourth-order valence-electron chi connectivity index (χ4n) is 2.02. The van der Waals surface area contributed by atoms with Crippen molar-refractivity contribution in [1.29, 1.82) is 0 Å². The van der Waals surface area contributed by atoms with E-state index in [1.807, 2.05) is 0 Å². The summed E-state index contributed by atoms with van der Waals surface area (Å²) in [5.41, 5.74) is 0. The zero-order chi connectivity index (χ0) is 14.9. The van der Waals surface area contributed by atoms with Crippen molar-refractivity contribution < 1.29 is 14.3 Å². The number of ether oxygens (including phenoxy) is 2. The molecular formula is C12H21N5O3S. The lowest BCUT2D eigenvalue weighted by atomic mass is 10.2. The van der Waals surface area contributed by atoms with Gasteiger partial charge in [0.1, 0.15) is 0 Å². The minimum absolute atomic E-state index is 0.0252. The first-order valence-corrected chi connectivity index (χ1v) is 8.04. The second-order valence-electron chi connectivity index (χ2n) is 4.76. The number of tetrazole rings is 1. The monoisotopic (exact) mass is 315 g/mol. The van der Waals surface area contributed by atoms with Crippen molar-refractivity contribution in [3.05, 3.63) is 0 Å². The topological polar surface area (TPSA) is 91.2 Å². The highest BCUT2D eigenvalue weighted by molar-refractivity contribution is 7.99. The maximum Gasteiger partial charge on any atom is 0.230 e. The fraction of sp³-hybridized carbons (Fsp3) is 0.833. The van der Waals surface area contributed by atoms with Crippen molar-refractivity contribution in [3.8, 4) is 0 Å². The number of carbonyl (C=O) groups excluding carboxylic acids is 1. The highest BCUT2D eigenvalue weighted by Gasteiger charge is 2.19. The van der Waals surface area contributed by atoms with Crippen LogP contribution in [-0.4, -0.2) is 64.8 Å². The molecule has 0 aliphatic carbocycles. The Labute approximate surface area is 127 Å². The normalized spacial score (nSPS) is 18.0. The molecule has 1 saturated heterocycles. The summed E-state index contributed by atoms with van der Waals surface area (Å²) in [5, 5.41) is 15.0. The number of methoxy groups -OCH3 is 1. The zero-order valence-corrected chi connectivity index (χ0v) is 13.0. The summed E-state index contributed by atoms with van der Waals surface area (Å²) in [6.07, 6.45) is 3.10. The van der Waals surface area contributed by atoms with Gasteiger partial charge in [-0.2, -0.15) is 0 Å². The van der Waals surface area contributed by atoms with E-state index in [-0.39, 0.29) is 12.0 Å². The Hall–Kier alpha value is -1.19. The number of nitrogens with one attached hydrogen (secondary N) is 1. The van der Waals surface area contributed by atoms with Crippen LogP contribution in [0.25, 0.3) is 0 Å². The van der Waals surface area contributed by atoms with Crippen LogP contribution < -0.4 is 5.32 Å². The second-order valence-corrected chi connectivity index (χ2v) is 5.71. The first-order chi connectivity index (χ1) is 10.3. The third-order valence-electron chi connectivity index (χ3n) is 3.08. The van der Waals surface area contributed by atoms with Gasteiger partial charge in [-0.05, 0) is 29.7 Å². The van der Waals surface area contributed by atoms with Crippen molar-refractivity contribution >= 4 is 17.7 Å². The summed E-state index contributed by atoms with van der Waals surface area (Å²) in [4.78, 5) is 11.7. The van der Waals surface area contributed by atoms with E-state index in [9.17, 15) is 4.79 Å². The summed E-state index contributed by atoms with van der Waals surface area (Å²) >= 11 is 1.34. The van der Waals surface area contributed by atoms with E-state index >= 15 is 0 Å². The Morgan fingerprint density at radius 2 is 2.52 bits per heavy atom. The highest BCUT2D eigenvalue weighted by atomic mass is 32.2. The lowest BCUT2D eigenvalue weighted by molar-refractivity contribution is -0.118. The molecule has 2 rings (SSSR count). The van der Waals surface area contributed by atoms with Gasteiger partial charge in [0.2, 0.25) is 11.1 Å². The van der Waals surface area contributed by atoms with Gasteiger partial charge in [0, 0.05) is 26.9 Å². The van der Waals surface area contributed by atoms with Crippen molar-refractivity contribution in [2.75, 3.05) is 32.6 Å². The number of hydrogen-bond donors (Lipinski definition) is 1. The van der Waals surface area contributed by atoms with Crippen molar-refractivity contribution in [2.45, 2.75) is 37.1 Å². The largest absolute Gasteiger partial charge is 0.385 e. The average Bonchev–Trinajstić information content (AvgIpc) is 3.14. The van der Waals surface area contributed by atoms with Crippen molar-refractivity contribution in [3.63, 3.8) is 0 Å². The molecule has 1 atom stereocenters.